The van der Waals surface area contributed by atoms with Crippen molar-refractivity contribution in [1.29, 1.82) is 0 Å². The average molecular weight is 359 g/mol. The highest BCUT2D eigenvalue weighted by atomic mass is 35.5. The van der Waals surface area contributed by atoms with Crippen LogP contribution >= 0.6 is 11.6 Å². The quantitative estimate of drug-likeness (QED) is 0.868. The van der Waals surface area contributed by atoms with Crippen molar-refractivity contribution < 1.29 is 4.79 Å². The Morgan fingerprint density at radius 1 is 1.20 bits per heavy atom. The van der Waals surface area contributed by atoms with Gasteiger partial charge >= 0.3 is 0 Å². The molecular weight excluding hydrogens is 332 g/mol. The predicted molar refractivity (Wildman–Crippen MR) is 99.6 cm³/mol. The van der Waals surface area contributed by atoms with Crippen LogP contribution in [0.2, 0.25) is 5.02 Å². The van der Waals surface area contributed by atoms with Crippen LogP contribution in [-0.2, 0) is 11.2 Å². The van der Waals surface area contributed by atoms with Crippen LogP contribution in [0.5, 0.6) is 0 Å². The van der Waals surface area contributed by atoms with Crippen molar-refractivity contribution in [3.63, 3.8) is 0 Å². The van der Waals surface area contributed by atoms with E-state index >= 15 is 0 Å². The van der Waals surface area contributed by atoms with E-state index < -0.39 is 0 Å². The van der Waals surface area contributed by atoms with E-state index in [0.717, 1.165) is 12.1 Å². The molecule has 1 aromatic rings. The summed E-state index contributed by atoms with van der Waals surface area (Å²) in [7, 11) is 0. The molecule has 0 radical (unpaired) electrons. The Bertz CT molecular complexity index is 685. The summed E-state index contributed by atoms with van der Waals surface area (Å²) >= 11 is 6.25. The van der Waals surface area contributed by atoms with Crippen LogP contribution in [0.4, 0.5) is 0 Å². The number of carbonyl (C=O) groups is 1. The molecule has 2 atom stereocenters. The molecule has 4 aliphatic rings. The topological polar surface area (TPSA) is 32.3 Å². The van der Waals surface area contributed by atoms with Crippen LogP contribution in [0.3, 0.4) is 0 Å². The standard InChI is InChI=1S/C21H27ClN2O/c22-18-4-2-1-3-15(18)11-19(25)24(17-5-6-17)13-16-12-21(16)10-9-20(7-8-20)14-23-21/h1-4,16-17,23H,5-14H2/t16-,21+/m0/s1. The molecule has 25 heavy (non-hydrogen) atoms. The maximum absolute atomic E-state index is 12.9. The first-order valence-corrected chi connectivity index (χ1v) is 10.3. The third-order valence-corrected chi connectivity index (χ3v) is 7.50. The minimum absolute atomic E-state index is 0.257. The maximum Gasteiger partial charge on any atom is 0.227 e. The van der Waals surface area contributed by atoms with Gasteiger partial charge in [-0.3, -0.25) is 4.79 Å². The van der Waals surface area contributed by atoms with Gasteiger partial charge in [0.05, 0.1) is 6.42 Å². The van der Waals surface area contributed by atoms with Crippen LogP contribution in [0.1, 0.15) is 50.5 Å². The summed E-state index contributed by atoms with van der Waals surface area (Å²) in [4.78, 5) is 15.1. The van der Waals surface area contributed by atoms with Crippen molar-refractivity contribution in [3.05, 3.63) is 34.9 Å². The van der Waals surface area contributed by atoms with Gasteiger partial charge in [0.1, 0.15) is 0 Å². The molecule has 1 aromatic carbocycles. The lowest BCUT2D eigenvalue weighted by Crippen LogP contribution is -2.45. The smallest absolute Gasteiger partial charge is 0.227 e. The van der Waals surface area contributed by atoms with E-state index in [0.29, 0.717) is 34.4 Å². The summed E-state index contributed by atoms with van der Waals surface area (Å²) < 4.78 is 0. The second-order valence-corrected chi connectivity index (χ2v) is 9.36. The number of hydrogen-bond donors (Lipinski definition) is 1. The zero-order valence-electron chi connectivity index (χ0n) is 14.8. The van der Waals surface area contributed by atoms with Crippen LogP contribution in [0.15, 0.2) is 24.3 Å². The van der Waals surface area contributed by atoms with E-state index in [1.54, 1.807) is 0 Å². The normalized spacial score (nSPS) is 32.0. The fourth-order valence-electron chi connectivity index (χ4n) is 4.76. The van der Waals surface area contributed by atoms with Gasteiger partial charge in [0.25, 0.3) is 0 Å². The van der Waals surface area contributed by atoms with Gasteiger partial charge in [-0.05, 0) is 67.9 Å². The second kappa shape index (κ2) is 5.72. The molecule has 134 valence electrons. The third-order valence-electron chi connectivity index (χ3n) is 7.13. The molecule has 0 aromatic heterocycles. The molecule has 3 nitrogen and oxygen atoms in total. The molecule has 4 fully saturated rings. The first-order chi connectivity index (χ1) is 12.1. The Morgan fingerprint density at radius 2 is 1.96 bits per heavy atom. The summed E-state index contributed by atoms with van der Waals surface area (Å²) in [5, 5.41) is 4.58. The number of piperidine rings is 1. The van der Waals surface area contributed by atoms with Crippen molar-refractivity contribution in [2.24, 2.45) is 11.3 Å². The van der Waals surface area contributed by atoms with Crippen LogP contribution < -0.4 is 5.32 Å². The van der Waals surface area contributed by atoms with E-state index in [9.17, 15) is 4.79 Å². The molecule has 3 saturated carbocycles. The Hall–Kier alpha value is -1.06. The average Bonchev–Trinajstić information content (AvgIpc) is 3.48. The van der Waals surface area contributed by atoms with Gasteiger partial charge in [-0.25, -0.2) is 0 Å². The summed E-state index contributed by atoms with van der Waals surface area (Å²) in [5.74, 6) is 0.909. The highest BCUT2D eigenvalue weighted by Gasteiger charge is 2.60. The van der Waals surface area contributed by atoms with Gasteiger partial charge in [-0.1, -0.05) is 29.8 Å². The molecule has 1 N–H and O–H groups in total. The molecule has 3 aliphatic carbocycles. The summed E-state index contributed by atoms with van der Waals surface area (Å²) in [6.45, 7) is 2.15. The van der Waals surface area contributed by atoms with E-state index in [1.807, 2.05) is 24.3 Å². The molecule has 1 saturated heterocycles. The van der Waals surface area contributed by atoms with Crippen molar-refractivity contribution in [2.75, 3.05) is 13.1 Å². The van der Waals surface area contributed by atoms with Crippen molar-refractivity contribution in [2.45, 2.75) is 62.9 Å². The molecule has 1 aliphatic heterocycles. The molecule has 0 bridgehead atoms. The van der Waals surface area contributed by atoms with Gasteiger partial charge in [0, 0.05) is 29.7 Å². The van der Waals surface area contributed by atoms with Crippen LogP contribution in [0.25, 0.3) is 0 Å². The largest absolute Gasteiger partial charge is 0.339 e. The van der Waals surface area contributed by atoms with E-state index in [-0.39, 0.29) is 5.91 Å². The molecule has 1 amide bonds. The number of hydrogen-bond acceptors (Lipinski definition) is 2. The third kappa shape index (κ3) is 3.10. The second-order valence-electron chi connectivity index (χ2n) is 8.96. The SMILES string of the molecule is O=C(Cc1ccccc1Cl)N(C[C@@H]1C[C@]12CCC1(CC1)CN2)C1CC1. The fourth-order valence-corrected chi connectivity index (χ4v) is 4.96. The van der Waals surface area contributed by atoms with E-state index in [1.165, 1.54) is 51.5 Å². The lowest BCUT2D eigenvalue weighted by atomic mass is 9.89. The number of benzene rings is 1. The molecule has 5 rings (SSSR count). The Kier molecular flexibility index (Phi) is 3.69. The number of nitrogens with one attached hydrogen (secondary N) is 1. The number of carbonyl (C=O) groups excluding carboxylic acids is 1. The zero-order chi connectivity index (χ0) is 17.1. The number of rotatable bonds is 5. The fraction of sp³-hybridized carbons (Fsp3) is 0.667. The summed E-state index contributed by atoms with van der Waals surface area (Å²) in [5.41, 5.74) is 1.97. The highest BCUT2D eigenvalue weighted by Crippen LogP contribution is 2.59. The lowest BCUT2D eigenvalue weighted by Gasteiger charge is -2.32. The van der Waals surface area contributed by atoms with Crippen molar-refractivity contribution >= 4 is 17.5 Å². The monoisotopic (exact) mass is 358 g/mol. The van der Waals surface area contributed by atoms with Gasteiger partial charge in [-0.2, -0.15) is 0 Å². The Labute approximate surface area is 155 Å². The number of nitrogens with zero attached hydrogens (tertiary/aromatic N) is 1. The molecule has 4 heteroatoms. The zero-order valence-corrected chi connectivity index (χ0v) is 15.5. The van der Waals surface area contributed by atoms with Crippen molar-refractivity contribution in [1.82, 2.24) is 10.2 Å². The lowest BCUT2D eigenvalue weighted by molar-refractivity contribution is -0.131. The van der Waals surface area contributed by atoms with Crippen molar-refractivity contribution in [3.8, 4) is 0 Å². The highest BCUT2D eigenvalue weighted by molar-refractivity contribution is 6.31. The Morgan fingerprint density at radius 3 is 2.60 bits per heavy atom. The summed E-state index contributed by atoms with van der Waals surface area (Å²) in [6.07, 6.45) is 9.59. The minimum Gasteiger partial charge on any atom is -0.339 e. The van der Waals surface area contributed by atoms with Crippen LogP contribution in [0, 0.1) is 11.3 Å². The van der Waals surface area contributed by atoms with E-state index in [4.69, 9.17) is 11.6 Å². The molecule has 1 heterocycles. The van der Waals surface area contributed by atoms with Gasteiger partial charge in [0.15, 0.2) is 0 Å². The first kappa shape index (κ1) is 16.1. The van der Waals surface area contributed by atoms with Gasteiger partial charge in [0.2, 0.25) is 5.91 Å². The number of amides is 1. The predicted octanol–water partition coefficient (Wildman–Crippen LogP) is 3.80. The molecular formula is C21H27ClN2O. The molecule has 0 unspecified atom stereocenters. The molecule has 2 spiro atoms. The van der Waals surface area contributed by atoms with Gasteiger partial charge in [-0.15, -0.1) is 0 Å². The maximum atomic E-state index is 12.9. The van der Waals surface area contributed by atoms with Crippen LogP contribution in [-0.4, -0.2) is 35.5 Å². The number of halogens is 1. The van der Waals surface area contributed by atoms with Gasteiger partial charge < -0.3 is 10.2 Å². The minimum atomic E-state index is 0.257. The Balaban J connectivity index is 1.22. The summed E-state index contributed by atoms with van der Waals surface area (Å²) in [6, 6.07) is 8.21. The first-order valence-electron chi connectivity index (χ1n) is 9.87. The van der Waals surface area contributed by atoms with E-state index in [2.05, 4.69) is 10.2 Å².